The predicted octanol–water partition coefficient (Wildman–Crippen LogP) is 4.59. The first-order valence-electron chi connectivity index (χ1n) is 16.5. The van der Waals surface area contributed by atoms with Gasteiger partial charge in [-0.25, -0.2) is 0 Å². The molecule has 0 aromatic heterocycles. The molecule has 1 heterocycles. The van der Waals surface area contributed by atoms with Crippen LogP contribution in [0.25, 0.3) is 0 Å². The maximum atomic E-state index is 13.0. The zero-order chi connectivity index (χ0) is 31.5. The Hall–Kier alpha value is -1.29. The lowest BCUT2D eigenvalue weighted by Gasteiger charge is -2.71. The molecule has 8 heteroatoms. The van der Waals surface area contributed by atoms with Crippen molar-refractivity contribution in [2.45, 2.75) is 136 Å². The average molecular weight is 603 g/mol. The number of hydrogen-bond donors (Lipinski definition) is 5. The number of ether oxygens (including phenoxy) is 2. The summed E-state index contributed by atoms with van der Waals surface area (Å²) in [7, 11) is 0. The van der Waals surface area contributed by atoms with Crippen molar-refractivity contribution in [1.29, 1.82) is 0 Å². The molecule has 0 aromatic rings. The Labute approximate surface area is 256 Å². The van der Waals surface area contributed by atoms with Gasteiger partial charge in [-0.15, -0.1) is 0 Å². The molecule has 13 atom stereocenters. The van der Waals surface area contributed by atoms with E-state index in [0.29, 0.717) is 31.1 Å². The van der Waals surface area contributed by atoms with E-state index in [0.717, 1.165) is 49.7 Å². The van der Waals surface area contributed by atoms with Gasteiger partial charge in [-0.1, -0.05) is 52.8 Å². The summed E-state index contributed by atoms with van der Waals surface area (Å²) in [6.07, 6.45) is 4.52. The molecule has 1 saturated heterocycles. The van der Waals surface area contributed by atoms with Crippen molar-refractivity contribution in [1.82, 2.24) is 0 Å². The highest BCUT2D eigenvalue weighted by atomic mass is 16.7. The summed E-state index contributed by atoms with van der Waals surface area (Å²) in [6, 6.07) is 0. The molecule has 5 fully saturated rings. The van der Waals surface area contributed by atoms with E-state index < -0.39 is 47.5 Å². The van der Waals surface area contributed by atoms with Gasteiger partial charge in [0.1, 0.15) is 18.3 Å². The van der Waals surface area contributed by atoms with Gasteiger partial charge in [-0.2, -0.15) is 0 Å². The van der Waals surface area contributed by atoms with Gasteiger partial charge in [0, 0.05) is 5.92 Å². The molecule has 5 N–H and O–H groups in total. The molecule has 0 bridgehead atoms. The molecule has 0 aromatic carbocycles. The maximum absolute atomic E-state index is 13.0. The van der Waals surface area contributed by atoms with Crippen LogP contribution in [-0.4, -0.2) is 74.4 Å². The van der Waals surface area contributed by atoms with Gasteiger partial charge in [0.15, 0.2) is 6.29 Å². The van der Waals surface area contributed by atoms with Crippen molar-refractivity contribution in [3.63, 3.8) is 0 Å². The second-order valence-corrected chi connectivity index (χ2v) is 16.7. The predicted molar refractivity (Wildman–Crippen MR) is 161 cm³/mol. The number of fused-ring (bicyclic) bond motifs is 7. The summed E-state index contributed by atoms with van der Waals surface area (Å²) in [6.45, 7) is 17.7. The van der Waals surface area contributed by atoms with Gasteiger partial charge in [-0.3, -0.25) is 4.79 Å². The molecule has 6 aliphatic rings. The van der Waals surface area contributed by atoms with E-state index in [2.05, 4.69) is 47.3 Å². The number of aliphatic carboxylic acids is 1. The number of rotatable bonds is 3. The Kier molecular flexibility index (Phi) is 7.26. The topological polar surface area (TPSA) is 137 Å². The normalized spacial score (nSPS) is 54.4. The summed E-state index contributed by atoms with van der Waals surface area (Å²) in [4.78, 5) is 13.0. The second-order valence-electron chi connectivity index (χ2n) is 16.7. The van der Waals surface area contributed by atoms with Crippen LogP contribution in [-0.2, 0) is 14.3 Å². The summed E-state index contributed by atoms with van der Waals surface area (Å²) in [5.74, 6) is -0.524. The molecular formula is C35H54O8. The highest BCUT2D eigenvalue weighted by molar-refractivity contribution is 5.77. The first-order chi connectivity index (χ1) is 19.9. The minimum Gasteiger partial charge on any atom is -0.481 e. The van der Waals surface area contributed by atoms with Crippen LogP contribution in [0.1, 0.15) is 99.3 Å². The van der Waals surface area contributed by atoms with Crippen molar-refractivity contribution < 1.29 is 39.8 Å². The van der Waals surface area contributed by atoms with E-state index in [9.17, 15) is 30.3 Å². The van der Waals surface area contributed by atoms with Crippen LogP contribution >= 0.6 is 0 Å². The van der Waals surface area contributed by atoms with Gasteiger partial charge in [0.2, 0.25) is 0 Å². The fourth-order valence-electron chi connectivity index (χ4n) is 11.9. The summed E-state index contributed by atoms with van der Waals surface area (Å²) >= 11 is 0. The Morgan fingerprint density at radius 3 is 2.33 bits per heavy atom. The third-order valence-corrected chi connectivity index (χ3v) is 14.7. The van der Waals surface area contributed by atoms with Crippen molar-refractivity contribution in [2.75, 3.05) is 6.61 Å². The summed E-state index contributed by atoms with van der Waals surface area (Å²) in [5.41, 5.74) is -0.834. The van der Waals surface area contributed by atoms with Crippen LogP contribution < -0.4 is 0 Å². The molecule has 0 spiro atoms. The lowest BCUT2D eigenvalue weighted by atomic mass is 9.33. The molecule has 5 aliphatic carbocycles. The lowest BCUT2D eigenvalue weighted by molar-refractivity contribution is -0.308. The molecule has 0 radical (unpaired) electrons. The maximum Gasteiger partial charge on any atom is 0.310 e. The largest absolute Gasteiger partial charge is 0.481 e. The quantitative estimate of drug-likeness (QED) is 0.234. The summed E-state index contributed by atoms with van der Waals surface area (Å²) < 4.78 is 12.1. The number of carbonyl (C=O) groups is 1. The molecule has 0 unspecified atom stereocenters. The first-order valence-corrected chi connectivity index (χ1v) is 16.5. The van der Waals surface area contributed by atoms with Crippen molar-refractivity contribution in [3.8, 4) is 0 Å². The highest BCUT2D eigenvalue weighted by Crippen LogP contribution is 2.76. The van der Waals surface area contributed by atoms with Gasteiger partial charge >= 0.3 is 5.97 Å². The molecule has 6 rings (SSSR count). The molecule has 0 amide bonds. The lowest BCUT2D eigenvalue weighted by Crippen LogP contribution is -2.67. The van der Waals surface area contributed by atoms with E-state index in [1.165, 1.54) is 0 Å². The number of hydrogen-bond acceptors (Lipinski definition) is 7. The molecular weight excluding hydrogens is 548 g/mol. The number of allylic oxidation sites excluding steroid dienone is 1. The van der Waals surface area contributed by atoms with Crippen LogP contribution in [0.2, 0.25) is 0 Å². The Morgan fingerprint density at radius 1 is 0.953 bits per heavy atom. The van der Waals surface area contributed by atoms with Crippen LogP contribution in [0.5, 0.6) is 0 Å². The van der Waals surface area contributed by atoms with E-state index in [4.69, 9.17) is 9.47 Å². The minimum atomic E-state index is -1.30. The Balaban J connectivity index is 1.33. The van der Waals surface area contributed by atoms with Crippen LogP contribution in [0, 0.1) is 44.8 Å². The average Bonchev–Trinajstić information content (AvgIpc) is 2.92. The smallest absolute Gasteiger partial charge is 0.310 e. The van der Waals surface area contributed by atoms with Crippen molar-refractivity contribution in [3.05, 3.63) is 23.8 Å². The summed E-state index contributed by atoms with van der Waals surface area (Å²) in [5, 5.41) is 53.3. The van der Waals surface area contributed by atoms with Crippen molar-refractivity contribution in [2.24, 2.45) is 44.8 Å². The fraction of sp³-hybridized carbons (Fsp3) is 0.857. The molecule has 43 heavy (non-hydrogen) atoms. The van der Waals surface area contributed by atoms with Gasteiger partial charge in [-0.05, 0) is 104 Å². The van der Waals surface area contributed by atoms with Crippen LogP contribution in [0.4, 0.5) is 0 Å². The number of aliphatic hydroxyl groups excluding tert-OH is 3. The Morgan fingerprint density at radius 2 is 1.65 bits per heavy atom. The Bertz CT molecular complexity index is 1210. The first kappa shape index (κ1) is 31.7. The van der Waals surface area contributed by atoms with Gasteiger partial charge in [0.05, 0.1) is 23.7 Å². The SMILES string of the molecule is C=C1CC[C@]2(C(=O)O)CC[C@]3(C)C(=CC[C@@H]4[C@@]5(C)CC[C@H](O[C@@H]6OC[C@H](O)[C@H](O)[C@H]6O)C(C)(C)[C@@H]5CC[C@]43C)[C@@H]2[C@@]1(C)O. The van der Waals surface area contributed by atoms with E-state index in [1.807, 2.05) is 0 Å². The van der Waals surface area contributed by atoms with E-state index >= 15 is 0 Å². The molecule has 1 aliphatic heterocycles. The van der Waals surface area contributed by atoms with Crippen molar-refractivity contribution >= 4 is 5.97 Å². The third kappa shape index (κ3) is 4.05. The molecule has 8 nitrogen and oxygen atoms in total. The zero-order valence-electron chi connectivity index (χ0n) is 26.9. The van der Waals surface area contributed by atoms with Gasteiger partial charge in [0.25, 0.3) is 0 Å². The molecule has 4 saturated carbocycles. The fourth-order valence-corrected chi connectivity index (χ4v) is 11.9. The number of carboxylic acid groups (broad SMARTS) is 1. The van der Waals surface area contributed by atoms with Gasteiger partial charge < -0.3 is 35.0 Å². The second kappa shape index (κ2) is 9.85. The number of carboxylic acids is 1. The highest BCUT2D eigenvalue weighted by Gasteiger charge is 2.71. The van der Waals surface area contributed by atoms with Crippen LogP contribution in [0.3, 0.4) is 0 Å². The monoisotopic (exact) mass is 602 g/mol. The standard InChI is InChI=1S/C35H54O8/c1-19-10-15-35(29(39)40)17-16-32(5)20(27(35)34(19,7)41)8-9-23-31(4)13-12-24(30(2,3)22(31)11-14-33(23,32)6)43-28-26(38)25(37)21(36)18-42-28/h8,21-28,36-38,41H,1,9-18H2,2-7H3,(H,39,40)/t21-,22-,23+,24-,25-,26+,27+,28-,31-,32+,33+,34-,35-/m0/s1. The van der Waals surface area contributed by atoms with E-state index in [-0.39, 0.29) is 34.4 Å². The third-order valence-electron chi connectivity index (χ3n) is 14.7. The zero-order valence-corrected chi connectivity index (χ0v) is 26.9. The van der Waals surface area contributed by atoms with E-state index in [1.54, 1.807) is 6.92 Å². The minimum absolute atomic E-state index is 0.0170. The number of aliphatic hydroxyl groups is 4. The van der Waals surface area contributed by atoms with Crippen LogP contribution in [0.15, 0.2) is 23.8 Å². The molecule has 242 valence electrons.